The summed E-state index contributed by atoms with van der Waals surface area (Å²) in [6, 6.07) is 8.42. The average Bonchev–Trinajstić information content (AvgIpc) is 2.87. The molecule has 0 heterocycles. The minimum atomic E-state index is -2.97. The van der Waals surface area contributed by atoms with E-state index in [4.69, 9.17) is 26.6 Å². The van der Waals surface area contributed by atoms with Crippen LogP contribution in [0.15, 0.2) is 34.1 Å². The lowest BCUT2D eigenvalue weighted by Crippen LogP contribution is -2.56. The van der Waals surface area contributed by atoms with Gasteiger partial charge < -0.3 is 26.6 Å². The molecule has 10 heteroatoms. The SMILES string of the molecule is CCc1c([Si](OC)(OC)OC)ccc(C)c1SSc1c(C)ccc([Si](OC)(OC)OC)c1CC. The maximum absolute atomic E-state index is 5.81. The Morgan fingerprint density at radius 2 is 0.853 bits per heavy atom. The van der Waals surface area contributed by atoms with E-state index in [1.807, 2.05) is 0 Å². The highest BCUT2D eigenvalue weighted by Crippen LogP contribution is 2.43. The fraction of sp³-hybridized carbons (Fsp3) is 0.500. The van der Waals surface area contributed by atoms with Crippen LogP contribution in [-0.4, -0.2) is 60.3 Å². The van der Waals surface area contributed by atoms with E-state index in [-0.39, 0.29) is 0 Å². The maximum atomic E-state index is 5.81. The Labute approximate surface area is 215 Å². The molecule has 0 aliphatic carbocycles. The summed E-state index contributed by atoms with van der Waals surface area (Å²) in [6.07, 6.45) is 1.69. The molecule has 34 heavy (non-hydrogen) atoms. The van der Waals surface area contributed by atoms with E-state index in [1.54, 1.807) is 64.2 Å². The first-order valence-electron chi connectivity index (χ1n) is 11.2. The minimum absolute atomic E-state index is 0.845. The molecule has 0 N–H and O–H groups in total. The topological polar surface area (TPSA) is 55.4 Å². The van der Waals surface area contributed by atoms with Gasteiger partial charge in [0.25, 0.3) is 0 Å². The third-order valence-electron chi connectivity index (χ3n) is 6.10. The highest BCUT2D eigenvalue weighted by molar-refractivity contribution is 8.76. The molecule has 0 amide bonds. The van der Waals surface area contributed by atoms with Crippen molar-refractivity contribution < 1.29 is 26.6 Å². The Morgan fingerprint density at radius 3 is 1.09 bits per heavy atom. The molecule has 0 saturated heterocycles. The van der Waals surface area contributed by atoms with Gasteiger partial charge in [-0.15, -0.1) is 0 Å². The molecule has 0 atom stereocenters. The zero-order valence-electron chi connectivity index (χ0n) is 22.0. The number of hydrogen-bond donors (Lipinski definition) is 0. The Balaban J connectivity index is 2.60. The van der Waals surface area contributed by atoms with Crippen molar-refractivity contribution in [1.29, 1.82) is 0 Å². The molecular weight excluding hydrogens is 505 g/mol. The lowest BCUT2D eigenvalue weighted by Gasteiger charge is -2.29. The van der Waals surface area contributed by atoms with Gasteiger partial charge in [0.2, 0.25) is 0 Å². The van der Waals surface area contributed by atoms with Gasteiger partial charge in [-0.25, -0.2) is 0 Å². The summed E-state index contributed by atoms with van der Waals surface area (Å²) in [4.78, 5) is 2.43. The van der Waals surface area contributed by atoms with Crippen LogP contribution < -0.4 is 10.4 Å². The molecule has 0 aliphatic rings. The molecule has 0 aromatic heterocycles. The van der Waals surface area contributed by atoms with E-state index in [9.17, 15) is 0 Å². The number of rotatable bonds is 13. The Bertz CT molecular complexity index is 871. The van der Waals surface area contributed by atoms with Gasteiger partial charge in [-0.2, -0.15) is 0 Å². The van der Waals surface area contributed by atoms with Gasteiger partial charge in [-0.3, -0.25) is 0 Å². The summed E-state index contributed by atoms with van der Waals surface area (Å²) < 4.78 is 34.9. The molecule has 2 aromatic rings. The molecule has 0 saturated carbocycles. The highest BCUT2D eigenvalue weighted by Gasteiger charge is 2.44. The first-order chi connectivity index (χ1) is 16.3. The Kier molecular flexibility index (Phi) is 11.3. The third-order valence-corrected chi connectivity index (χ3v) is 14.4. The molecule has 0 aliphatic heterocycles. The van der Waals surface area contributed by atoms with Gasteiger partial charge in [0.05, 0.1) is 0 Å². The van der Waals surface area contributed by atoms with Crippen LogP contribution in [0.4, 0.5) is 0 Å². The molecular formula is C24H38O6S2Si2. The van der Waals surface area contributed by atoms with Gasteiger partial charge in [0, 0.05) is 62.8 Å². The summed E-state index contributed by atoms with van der Waals surface area (Å²) in [7, 11) is 7.51. The molecule has 0 unspecified atom stereocenters. The summed E-state index contributed by atoms with van der Waals surface area (Å²) in [6.45, 7) is 8.60. The zero-order chi connectivity index (χ0) is 25.5. The van der Waals surface area contributed by atoms with Crippen LogP contribution in [0.5, 0.6) is 0 Å². The van der Waals surface area contributed by atoms with Crippen LogP contribution >= 0.6 is 21.6 Å². The maximum Gasteiger partial charge on any atom is 0.536 e. The smallest absolute Gasteiger partial charge is 0.373 e. The van der Waals surface area contributed by atoms with Crippen molar-refractivity contribution in [2.24, 2.45) is 0 Å². The fourth-order valence-corrected chi connectivity index (χ4v) is 11.8. The molecule has 0 bridgehead atoms. The Morgan fingerprint density at radius 1 is 0.559 bits per heavy atom. The zero-order valence-corrected chi connectivity index (χ0v) is 25.6. The third kappa shape index (κ3) is 5.51. The summed E-state index contributed by atoms with van der Waals surface area (Å²) in [5.74, 6) is 0. The van der Waals surface area contributed by atoms with E-state index < -0.39 is 17.6 Å². The van der Waals surface area contributed by atoms with E-state index in [0.29, 0.717) is 0 Å². The predicted molar refractivity (Wildman–Crippen MR) is 146 cm³/mol. The molecule has 0 fully saturated rings. The molecule has 6 nitrogen and oxygen atoms in total. The van der Waals surface area contributed by atoms with E-state index in [2.05, 4.69) is 52.0 Å². The molecule has 190 valence electrons. The van der Waals surface area contributed by atoms with Crippen molar-refractivity contribution in [1.82, 2.24) is 0 Å². The second-order valence-corrected chi connectivity index (χ2v) is 15.6. The van der Waals surface area contributed by atoms with Gasteiger partial charge in [0.15, 0.2) is 0 Å². The van der Waals surface area contributed by atoms with E-state index in [1.165, 1.54) is 32.0 Å². The number of aryl methyl sites for hydroxylation is 2. The molecule has 0 radical (unpaired) electrons. The lowest BCUT2D eigenvalue weighted by atomic mass is 10.1. The van der Waals surface area contributed by atoms with Crippen molar-refractivity contribution in [3.63, 3.8) is 0 Å². The van der Waals surface area contributed by atoms with Gasteiger partial charge >= 0.3 is 17.6 Å². The van der Waals surface area contributed by atoms with Crippen LogP contribution in [0.25, 0.3) is 0 Å². The lowest BCUT2D eigenvalue weighted by molar-refractivity contribution is 0.139. The van der Waals surface area contributed by atoms with Gasteiger partial charge in [-0.1, -0.05) is 59.7 Å². The Hall–Kier alpha value is -0.666. The summed E-state index contributed by atoms with van der Waals surface area (Å²) in [5.41, 5.74) is 4.84. The fourth-order valence-electron chi connectivity index (χ4n) is 4.24. The first-order valence-corrected chi connectivity index (χ1v) is 16.8. The standard InChI is InChI=1S/C24H38O6S2Si2/c1-11-19-21(33(25-5,26-6)27-7)15-13-17(3)23(19)31-32-24-18(4)14-16-22(20(24)12-2)34(28-8,29-9)30-10/h13-16H,11-12H2,1-10H3. The first kappa shape index (κ1) is 29.6. The average molecular weight is 543 g/mol. The second-order valence-electron chi connectivity index (χ2n) is 7.69. The van der Waals surface area contributed by atoms with Crippen LogP contribution in [0, 0.1) is 13.8 Å². The van der Waals surface area contributed by atoms with Crippen LogP contribution in [0.3, 0.4) is 0 Å². The van der Waals surface area contributed by atoms with Crippen molar-refractivity contribution in [2.75, 3.05) is 42.7 Å². The molecule has 2 aromatic carbocycles. The van der Waals surface area contributed by atoms with E-state index >= 15 is 0 Å². The van der Waals surface area contributed by atoms with Gasteiger partial charge in [0.1, 0.15) is 0 Å². The normalized spacial score (nSPS) is 12.4. The summed E-state index contributed by atoms with van der Waals surface area (Å²) >= 11 is 0. The monoisotopic (exact) mass is 542 g/mol. The molecule has 2 rings (SSSR count). The van der Waals surface area contributed by atoms with Crippen molar-refractivity contribution in [2.45, 2.75) is 50.3 Å². The quantitative estimate of drug-likeness (QED) is 0.273. The largest absolute Gasteiger partial charge is 0.536 e. The number of benzene rings is 2. The van der Waals surface area contributed by atoms with Crippen LogP contribution in [0.1, 0.15) is 36.1 Å². The van der Waals surface area contributed by atoms with Crippen molar-refractivity contribution in [3.05, 3.63) is 46.5 Å². The summed E-state index contributed by atoms with van der Waals surface area (Å²) in [5, 5.41) is 2.03. The highest BCUT2D eigenvalue weighted by atomic mass is 33.1. The minimum Gasteiger partial charge on any atom is -0.373 e. The predicted octanol–water partition coefficient (Wildman–Crippen LogP) is 4.40. The van der Waals surface area contributed by atoms with Crippen LogP contribution in [0.2, 0.25) is 0 Å². The van der Waals surface area contributed by atoms with Crippen molar-refractivity contribution >= 4 is 49.6 Å². The second kappa shape index (κ2) is 13.0. The van der Waals surface area contributed by atoms with Crippen molar-refractivity contribution in [3.8, 4) is 0 Å². The number of hydrogen-bond acceptors (Lipinski definition) is 8. The van der Waals surface area contributed by atoms with Crippen LogP contribution in [-0.2, 0) is 39.4 Å². The van der Waals surface area contributed by atoms with Gasteiger partial charge in [-0.05, 0) is 48.9 Å². The molecule has 0 spiro atoms. The van der Waals surface area contributed by atoms with E-state index in [0.717, 1.165) is 23.2 Å².